The van der Waals surface area contributed by atoms with Crippen molar-refractivity contribution in [2.75, 3.05) is 0 Å². The van der Waals surface area contributed by atoms with E-state index in [-0.39, 0.29) is 112 Å². The van der Waals surface area contributed by atoms with Crippen LogP contribution in [0.25, 0.3) is 110 Å². The molecule has 0 fully saturated rings. The van der Waals surface area contributed by atoms with Crippen LogP contribution in [0.5, 0.6) is 28.7 Å². The first-order chi connectivity index (χ1) is 72.8. The van der Waals surface area contributed by atoms with Gasteiger partial charge in [-0.2, -0.15) is 0 Å². The van der Waals surface area contributed by atoms with E-state index in [0.717, 1.165) is 77.4 Å². The molecule has 0 atom stereocenters. The first-order valence-electron chi connectivity index (χ1n) is 46.9. The van der Waals surface area contributed by atoms with Crippen LogP contribution in [0, 0.1) is 23.3 Å². The molecule has 0 saturated heterocycles. The van der Waals surface area contributed by atoms with Gasteiger partial charge in [-0.15, -0.1) is 0 Å². The van der Waals surface area contributed by atoms with Gasteiger partial charge in [-0.1, -0.05) is 127 Å². The topological polar surface area (TPSA) is 467 Å². The van der Waals surface area contributed by atoms with Crippen LogP contribution in [-0.4, -0.2) is 70.3 Å². The summed E-state index contributed by atoms with van der Waals surface area (Å²) in [6, 6.07) is 80.9. The van der Waals surface area contributed by atoms with E-state index in [0.29, 0.717) is 137 Å². The Balaban J connectivity index is 0.000000133. The van der Waals surface area contributed by atoms with Crippen molar-refractivity contribution in [2.45, 2.75) is 97.9 Å². The third-order valence-electron chi connectivity index (χ3n) is 24.1. The fourth-order valence-corrected chi connectivity index (χ4v) is 17.2. The van der Waals surface area contributed by atoms with Crippen LogP contribution in [-0.2, 0) is 122 Å². The number of para-hydroxylation sites is 5. The zero-order chi connectivity index (χ0) is 105. The summed E-state index contributed by atoms with van der Waals surface area (Å²) in [5, 5.41) is 49.0. The zero-order valence-corrected chi connectivity index (χ0v) is 80.9. The number of benzene rings is 12. The van der Waals surface area contributed by atoms with Crippen molar-refractivity contribution >= 4 is 96.3 Å². The van der Waals surface area contributed by atoms with Crippen LogP contribution < -0.4 is 52.4 Å². The normalized spacial score (nSPS) is 11.0. The van der Waals surface area contributed by atoms with E-state index >= 15 is 8.78 Å². The van der Waals surface area contributed by atoms with Crippen LogP contribution in [0.3, 0.4) is 0 Å². The number of carbonyl (C=O) groups is 5. The van der Waals surface area contributed by atoms with E-state index in [9.17, 15) is 32.8 Å². The number of halogens is 5. The molecule has 0 spiro atoms. The Hall–Kier alpha value is -18.1. The van der Waals surface area contributed by atoms with Crippen LogP contribution in [0.2, 0.25) is 5.22 Å². The molecule has 12 aromatic carbocycles. The summed E-state index contributed by atoms with van der Waals surface area (Å²) in [5.74, 6) is -4.42. The van der Waals surface area contributed by atoms with Crippen molar-refractivity contribution in [1.29, 1.82) is 0 Å². The second kappa shape index (κ2) is 49.2. The molecule has 20 aromatic rings. The van der Waals surface area contributed by atoms with Gasteiger partial charge in [-0.3, -0.25) is 38.9 Å². The number of carboxylic acids is 5. The third kappa shape index (κ3) is 25.7. The molecule has 760 valence electrons. The zero-order valence-electron chi connectivity index (χ0n) is 80.1. The van der Waals surface area contributed by atoms with Gasteiger partial charge in [-0.05, 0) is 212 Å². The Bertz CT molecular complexity index is 8260. The average Bonchev–Trinajstić information content (AvgIpc) is 1.51. The van der Waals surface area contributed by atoms with Crippen molar-refractivity contribution in [3.05, 3.63) is 429 Å². The number of hydrogen-bond donors (Lipinski definition) is 10. The van der Waals surface area contributed by atoms with Gasteiger partial charge in [0, 0.05) is 135 Å². The number of rotatable bonds is 35. The van der Waals surface area contributed by atoms with Crippen LogP contribution in [0.1, 0.15) is 83.8 Å². The van der Waals surface area contributed by atoms with E-state index in [1.165, 1.54) is 43.1 Å². The minimum Gasteiger partial charge on any atom is -0.489 e. The molecule has 0 aliphatic carbocycles. The molecule has 28 nitrogen and oxygen atoms in total. The van der Waals surface area contributed by atoms with Crippen molar-refractivity contribution < 1.29 is 113 Å². The molecule has 0 aliphatic heterocycles. The number of aromatic nitrogens is 3. The highest BCUT2D eigenvalue weighted by Gasteiger charge is 2.26. The molecule has 8 aromatic heterocycles. The van der Waals surface area contributed by atoms with Gasteiger partial charge in [0.15, 0.2) is 16.9 Å². The van der Waals surface area contributed by atoms with Gasteiger partial charge >= 0.3 is 29.8 Å². The van der Waals surface area contributed by atoms with Gasteiger partial charge in [-0.25, -0.2) is 17.6 Å². The molecule has 20 rings (SSSR count). The Morgan fingerprint density at radius 3 is 1.03 bits per heavy atom. The fraction of sp³-hybridized carbons (Fsp3) is 0.128. The predicted octanol–water partition coefficient (Wildman–Crippen LogP) is 23.2. The molecular formula is C117H97ClF4N8O20. The van der Waals surface area contributed by atoms with Crippen molar-refractivity contribution in [2.24, 2.45) is 28.7 Å². The summed E-state index contributed by atoms with van der Waals surface area (Å²) >= 11 is 6.12. The second-order valence-electron chi connectivity index (χ2n) is 34.2. The molecule has 0 aliphatic rings. The lowest BCUT2D eigenvalue weighted by molar-refractivity contribution is -0.137. The summed E-state index contributed by atoms with van der Waals surface area (Å²) in [4.78, 5) is 67.5. The lowest BCUT2D eigenvalue weighted by Gasteiger charge is -2.13. The number of nitrogens with two attached hydrogens (primary N) is 5. The standard InChI is InChI=1S/C24H20ClNO4.C24H21NO4.C23H18F2N2O4.2C23H19FN2O4/c25-23-12-20-19(17-6-3-4-15(8-17)13-26)9-16(10-22(20)30-23)14-29-21-7-2-1-5-18(21)11-24(27)28;25-14-16-4-3-6-18(10-16)21-11-17(12-23-20(21)8-9-28-23)15-29-22-7-2-1-5-19(22)13-24(26)27;24-21-14(12-31-19-4-2-1-3-13(19)10-20(28)29)9-17(23-16(21)6-8-30-23)15-5-7-27-18(11-26)22(15)25;24-23-17(5-7-26-19(23)12-25)18-9-14(10-21-16(18)6-8-29-21)13-30-20-4-2-1-3-15(20)11-22(27)28;24-22-16(13-30-20-4-2-1-3-15(20)11-21(27)28)10-19(23-18(22)6-8-29-23)14-5-7-26-17(9-14)12-25/h1-10,12H,11,13-14,26H2,(H,27,28);1-12H,13-15,25H2,(H,26,27);1-9H,10-12,26H2,(H,28,29);2*1-10H,11-13,25H2,(H,27,28). The van der Waals surface area contributed by atoms with Gasteiger partial charge < -0.3 is 100.0 Å². The molecule has 0 unspecified atom stereocenters. The molecule has 0 bridgehead atoms. The van der Waals surface area contributed by atoms with E-state index in [4.69, 9.17) is 112 Å². The quantitative estimate of drug-likeness (QED) is 0.0165. The Kier molecular flexibility index (Phi) is 34.4. The lowest BCUT2D eigenvalue weighted by atomic mass is 9.98. The van der Waals surface area contributed by atoms with Gasteiger partial charge in [0.05, 0.1) is 85.0 Å². The number of carboxylic acid groups (broad SMARTS) is 5. The smallest absolute Gasteiger partial charge is 0.307 e. The van der Waals surface area contributed by atoms with E-state index in [1.54, 1.807) is 158 Å². The van der Waals surface area contributed by atoms with E-state index < -0.39 is 53.1 Å². The van der Waals surface area contributed by atoms with Crippen LogP contribution in [0.4, 0.5) is 17.6 Å². The second-order valence-corrected chi connectivity index (χ2v) is 34.6. The highest BCUT2D eigenvalue weighted by Crippen LogP contribution is 2.42. The van der Waals surface area contributed by atoms with E-state index in [1.807, 2.05) is 103 Å². The Morgan fingerprint density at radius 1 is 0.280 bits per heavy atom. The molecule has 33 heteroatoms. The number of hydrogen-bond acceptors (Lipinski definition) is 23. The van der Waals surface area contributed by atoms with Crippen molar-refractivity contribution in [3.63, 3.8) is 0 Å². The Morgan fingerprint density at radius 2 is 0.627 bits per heavy atom. The summed E-state index contributed by atoms with van der Waals surface area (Å²) in [5.41, 5.74) is 47.2. The first kappa shape index (κ1) is 105. The number of nitrogens with zero attached hydrogens (tertiary/aromatic N) is 3. The SMILES string of the molecule is NCc1cc(-c2cc(COc3ccccc3CC(=O)O)c(F)c3ccoc23)ccn1.NCc1cccc(-c2cc(COc3ccccc3CC(=O)O)cc3oc(Cl)cc23)c1.NCc1cccc(-c2cc(COc3ccccc3CC(=O)O)cc3occc23)c1.NCc1nccc(-c2cc(COc3ccccc3CC(=O)O)c(F)c3ccoc23)c1F.NCc1nccc(-c2cc(COc3ccccc3CC(=O)O)cc3occc23)c1F. The fourth-order valence-electron chi connectivity index (χ4n) is 17.1. The molecule has 0 amide bonds. The predicted molar refractivity (Wildman–Crippen MR) is 557 cm³/mol. The molecule has 0 radical (unpaired) electrons. The average molecular weight is 2050 g/mol. The number of fused-ring (bicyclic) bond motifs is 5. The number of pyridine rings is 3. The molecule has 150 heavy (non-hydrogen) atoms. The maximum absolute atomic E-state index is 15.1. The highest BCUT2D eigenvalue weighted by atomic mass is 35.5. The van der Waals surface area contributed by atoms with Gasteiger partial charge in [0.1, 0.15) is 101 Å². The minimum atomic E-state index is -1.01. The Labute approximate surface area is 859 Å². The van der Waals surface area contributed by atoms with Crippen LogP contribution in [0.15, 0.2) is 339 Å². The molecular weight excluding hydrogens is 1950 g/mol. The van der Waals surface area contributed by atoms with Gasteiger partial charge in [0.2, 0.25) is 0 Å². The third-order valence-corrected chi connectivity index (χ3v) is 24.3. The monoisotopic (exact) mass is 2040 g/mol. The largest absolute Gasteiger partial charge is 0.489 e. The summed E-state index contributed by atoms with van der Waals surface area (Å²) < 4.78 is 117. The summed E-state index contributed by atoms with van der Waals surface area (Å²) in [6.07, 6.45) is 9.87. The van der Waals surface area contributed by atoms with Crippen molar-refractivity contribution in [1.82, 2.24) is 15.0 Å². The van der Waals surface area contributed by atoms with Crippen LogP contribution >= 0.6 is 11.6 Å². The molecule has 8 heterocycles. The number of ether oxygens (including phenoxy) is 5. The number of aliphatic carboxylic acids is 5. The van der Waals surface area contributed by atoms with Gasteiger partial charge in [0.25, 0.3) is 0 Å². The lowest BCUT2D eigenvalue weighted by Crippen LogP contribution is -2.06. The first-order valence-corrected chi connectivity index (χ1v) is 47.3. The summed E-state index contributed by atoms with van der Waals surface area (Å²) in [6.45, 7) is 1.60. The maximum atomic E-state index is 15.1. The summed E-state index contributed by atoms with van der Waals surface area (Å²) in [7, 11) is 0. The van der Waals surface area contributed by atoms with E-state index in [2.05, 4.69) is 27.1 Å². The highest BCUT2D eigenvalue weighted by molar-refractivity contribution is 6.30. The van der Waals surface area contributed by atoms with Crippen molar-refractivity contribution in [3.8, 4) is 84.4 Å². The minimum absolute atomic E-state index is 0.00261. The maximum Gasteiger partial charge on any atom is 0.307 e. The molecule has 15 N–H and O–H groups in total. The number of furan rings is 5. The molecule has 0 saturated carbocycles.